The minimum Gasteiger partial charge on any atom is -0.467 e. The summed E-state index contributed by atoms with van der Waals surface area (Å²) in [7, 11) is 1.28. The molecule has 0 aromatic rings. The van der Waals surface area contributed by atoms with Gasteiger partial charge < -0.3 is 30.1 Å². The zero-order chi connectivity index (χ0) is 25.1. The number of hydrogen-bond acceptors (Lipinski definition) is 7. The summed E-state index contributed by atoms with van der Waals surface area (Å²) in [6.07, 6.45) is 6.45. The second-order valence-corrected chi connectivity index (χ2v) is 10.4. The molecule has 0 aromatic heterocycles. The normalized spacial score (nSPS) is 33.4. The number of amides is 3. The fourth-order valence-electron chi connectivity index (χ4n) is 4.70. The van der Waals surface area contributed by atoms with Crippen molar-refractivity contribution in [1.82, 2.24) is 15.5 Å². The van der Waals surface area contributed by atoms with E-state index in [4.69, 9.17) is 9.47 Å². The van der Waals surface area contributed by atoms with Crippen molar-refractivity contribution < 1.29 is 33.8 Å². The highest BCUT2D eigenvalue weighted by molar-refractivity contribution is 5.96. The number of fused-ring (bicyclic) bond motifs is 2. The SMILES string of the molecule is COC(=O)[C@@]12C[C@@H]1/C=C/CCCCC[C@H](NC(=O)OC(C)(C)C)C(=O)N1C[C@@H](O)C[C@H]1C(=O)N2. The van der Waals surface area contributed by atoms with Crippen LogP contribution in [0.4, 0.5) is 4.79 Å². The number of nitrogens with one attached hydrogen (secondary N) is 2. The summed E-state index contributed by atoms with van der Waals surface area (Å²) >= 11 is 0. The number of rotatable bonds is 2. The maximum atomic E-state index is 13.5. The van der Waals surface area contributed by atoms with Gasteiger partial charge in [-0.1, -0.05) is 25.0 Å². The molecule has 3 amide bonds. The second kappa shape index (κ2) is 10.3. The summed E-state index contributed by atoms with van der Waals surface area (Å²) in [4.78, 5) is 53.0. The van der Waals surface area contributed by atoms with Crippen LogP contribution >= 0.6 is 0 Å². The molecule has 10 heteroatoms. The number of aliphatic hydroxyl groups excluding tert-OH is 1. The van der Waals surface area contributed by atoms with Crippen LogP contribution in [0.2, 0.25) is 0 Å². The highest BCUT2D eigenvalue weighted by atomic mass is 16.6. The van der Waals surface area contributed by atoms with Crippen LogP contribution in [0.15, 0.2) is 12.2 Å². The molecule has 10 nitrogen and oxygen atoms in total. The lowest BCUT2D eigenvalue weighted by Gasteiger charge is -2.30. The molecule has 1 saturated carbocycles. The predicted molar refractivity (Wildman–Crippen MR) is 123 cm³/mol. The quantitative estimate of drug-likeness (QED) is 0.403. The van der Waals surface area contributed by atoms with Crippen LogP contribution in [-0.2, 0) is 23.9 Å². The van der Waals surface area contributed by atoms with Gasteiger partial charge in [0.2, 0.25) is 11.8 Å². The van der Waals surface area contributed by atoms with Crippen molar-refractivity contribution in [3.8, 4) is 0 Å². The van der Waals surface area contributed by atoms with Gasteiger partial charge in [-0.25, -0.2) is 9.59 Å². The highest BCUT2D eigenvalue weighted by Crippen LogP contribution is 2.46. The van der Waals surface area contributed by atoms with Crippen molar-refractivity contribution in [1.29, 1.82) is 0 Å². The van der Waals surface area contributed by atoms with E-state index in [1.165, 1.54) is 12.0 Å². The van der Waals surface area contributed by atoms with Crippen molar-refractivity contribution in [2.75, 3.05) is 13.7 Å². The van der Waals surface area contributed by atoms with E-state index in [1.807, 2.05) is 12.2 Å². The highest BCUT2D eigenvalue weighted by Gasteiger charge is 2.62. The van der Waals surface area contributed by atoms with Crippen LogP contribution in [0, 0.1) is 5.92 Å². The first-order valence-electron chi connectivity index (χ1n) is 12.0. The van der Waals surface area contributed by atoms with Crippen LogP contribution in [-0.4, -0.2) is 76.9 Å². The Balaban J connectivity index is 1.84. The van der Waals surface area contributed by atoms with E-state index in [0.29, 0.717) is 19.3 Å². The van der Waals surface area contributed by atoms with Gasteiger partial charge in [0, 0.05) is 18.9 Å². The fraction of sp³-hybridized carbons (Fsp3) is 0.750. The molecule has 34 heavy (non-hydrogen) atoms. The van der Waals surface area contributed by atoms with Crippen molar-refractivity contribution in [3.63, 3.8) is 0 Å². The van der Waals surface area contributed by atoms with Crippen molar-refractivity contribution in [2.24, 2.45) is 5.92 Å². The number of hydrogen-bond donors (Lipinski definition) is 3. The third-order valence-corrected chi connectivity index (χ3v) is 6.50. The minimum atomic E-state index is -1.15. The van der Waals surface area contributed by atoms with Gasteiger partial charge >= 0.3 is 12.1 Å². The Morgan fingerprint density at radius 1 is 1.24 bits per heavy atom. The lowest BCUT2D eigenvalue weighted by molar-refractivity contribution is -0.148. The summed E-state index contributed by atoms with van der Waals surface area (Å²) < 4.78 is 10.3. The maximum Gasteiger partial charge on any atom is 0.408 e. The third kappa shape index (κ3) is 6.08. The van der Waals surface area contributed by atoms with Gasteiger partial charge in [0.25, 0.3) is 0 Å². The number of aliphatic hydroxyl groups is 1. The minimum absolute atomic E-state index is 0.0298. The topological polar surface area (TPSA) is 134 Å². The zero-order valence-electron chi connectivity index (χ0n) is 20.5. The summed E-state index contributed by atoms with van der Waals surface area (Å²) in [5, 5.41) is 15.7. The molecule has 0 radical (unpaired) electrons. The summed E-state index contributed by atoms with van der Waals surface area (Å²) in [5.74, 6) is -1.67. The van der Waals surface area contributed by atoms with Crippen molar-refractivity contribution >= 4 is 23.9 Å². The molecule has 2 fully saturated rings. The smallest absolute Gasteiger partial charge is 0.408 e. The maximum absolute atomic E-state index is 13.5. The fourth-order valence-corrected chi connectivity index (χ4v) is 4.70. The molecule has 2 aliphatic heterocycles. The van der Waals surface area contributed by atoms with Crippen LogP contribution in [0.5, 0.6) is 0 Å². The molecular formula is C24H37N3O7. The van der Waals surface area contributed by atoms with Crippen LogP contribution in [0.25, 0.3) is 0 Å². The number of nitrogens with zero attached hydrogens (tertiary/aromatic N) is 1. The van der Waals surface area contributed by atoms with Crippen LogP contribution in [0.1, 0.15) is 65.7 Å². The number of methoxy groups -OCH3 is 1. The number of carbonyl (C=O) groups is 4. The van der Waals surface area contributed by atoms with Gasteiger partial charge in [0.1, 0.15) is 23.2 Å². The van der Waals surface area contributed by atoms with E-state index in [1.54, 1.807) is 20.8 Å². The Labute approximate surface area is 200 Å². The van der Waals surface area contributed by atoms with Gasteiger partial charge in [-0.3, -0.25) is 9.59 Å². The van der Waals surface area contributed by atoms with Gasteiger partial charge in [0.05, 0.1) is 13.2 Å². The Morgan fingerprint density at radius 3 is 2.65 bits per heavy atom. The predicted octanol–water partition coefficient (Wildman–Crippen LogP) is 1.41. The molecule has 0 aromatic carbocycles. The van der Waals surface area contributed by atoms with Gasteiger partial charge in [-0.2, -0.15) is 0 Å². The first-order chi connectivity index (χ1) is 16.0. The lowest BCUT2D eigenvalue weighted by atomic mass is 10.0. The van der Waals surface area contributed by atoms with Crippen LogP contribution in [0.3, 0.4) is 0 Å². The van der Waals surface area contributed by atoms with E-state index in [2.05, 4.69) is 10.6 Å². The molecular weight excluding hydrogens is 442 g/mol. The number of ether oxygens (including phenoxy) is 2. The number of esters is 1. The first kappa shape index (κ1) is 26.0. The van der Waals surface area contributed by atoms with Crippen molar-refractivity contribution in [2.45, 2.75) is 95.0 Å². The Hall–Kier alpha value is -2.62. The zero-order valence-corrected chi connectivity index (χ0v) is 20.5. The summed E-state index contributed by atoms with van der Waals surface area (Å²) in [6.45, 7) is 5.17. The van der Waals surface area contributed by atoms with Gasteiger partial charge in [-0.15, -0.1) is 0 Å². The molecule has 3 N–H and O–H groups in total. The standard InChI is InChI=1S/C24H37N3O7/c1-23(2,3)34-22(32)25-17-11-9-7-5-6-8-10-15-13-24(15,21(31)33-4)26-19(29)18-12-16(28)14-27(18)20(17)30/h8,10,15-18,28H,5-7,9,11-14H2,1-4H3,(H,25,32)(H,26,29)/b10-8+/t15-,16-,17-,18-,24+/m0/s1. The Kier molecular flexibility index (Phi) is 7.90. The van der Waals surface area contributed by atoms with E-state index >= 15 is 0 Å². The van der Waals surface area contributed by atoms with E-state index in [9.17, 15) is 24.3 Å². The van der Waals surface area contributed by atoms with Crippen LogP contribution < -0.4 is 10.6 Å². The van der Waals surface area contributed by atoms with E-state index in [0.717, 1.165) is 19.3 Å². The molecule has 2 heterocycles. The largest absolute Gasteiger partial charge is 0.467 e. The lowest BCUT2D eigenvalue weighted by Crippen LogP contribution is -2.56. The molecule has 5 atom stereocenters. The number of allylic oxidation sites excluding steroid dienone is 1. The van der Waals surface area contributed by atoms with Gasteiger partial charge in [-0.05, 0) is 46.5 Å². The summed E-state index contributed by atoms with van der Waals surface area (Å²) in [5.41, 5.74) is -1.88. The number of carbonyl (C=O) groups excluding carboxylic acids is 4. The molecule has 3 rings (SSSR count). The third-order valence-electron chi connectivity index (χ3n) is 6.50. The summed E-state index contributed by atoms with van der Waals surface area (Å²) in [6, 6.07) is -1.85. The first-order valence-corrected chi connectivity index (χ1v) is 12.0. The molecule has 190 valence electrons. The molecule has 0 unspecified atom stereocenters. The Morgan fingerprint density at radius 2 is 1.97 bits per heavy atom. The molecule has 0 spiro atoms. The molecule has 1 aliphatic carbocycles. The molecule has 3 aliphatic rings. The monoisotopic (exact) mass is 479 g/mol. The Bertz CT molecular complexity index is 837. The van der Waals surface area contributed by atoms with Crippen molar-refractivity contribution in [3.05, 3.63) is 12.2 Å². The molecule has 0 bridgehead atoms. The average Bonchev–Trinajstić information content (AvgIpc) is 3.29. The number of alkyl carbamates (subject to hydrolysis) is 1. The average molecular weight is 480 g/mol. The van der Waals surface area contributed by atoms with E-state index in [-0.39, 0.29) is 18.9 Å². The second-order valence-electron chi connectivity index (χ2n) is 10.4. The van der Waals surface area contributed by atoms with Gasteiger partial charge in [0.15, 0.2) is 0 Å². The van der Waals surface area contributed by atoms with E-state index < -0.39 is 53.2 Å². The molecule has 1 saturated heterocycles.